The van der Waals surface area contributed by atoms with Crippen LogP contribution in [0.3, 0.4) is 0 Å². The molecule has 0 aliphatic rings. The van der Waals surface area contributed by atoms with Crippen LogP contribution in [0.1, 0.15) is 13.8 Å². The van der Waals surface area contributed by atoms with E-state index >= 15 is 0 Å². The molecule has 0 amide bonds. The van der Waals surface area contributed by atoms with Crippen LogP contribution in [0, 0.1) is 10.1 Å². The van der Waals surface area contributed by atoms with E-state index in [9.17, 15) is 18.5 Å². The number of thioether (sulfide) groups is 1. The molecule has 0 spiro atoms. The first-order chi connectivity index (χ1) is 9.19. The van der Waals surface area contributed by atoms with Crippen molar-refractivity contribution in [3.63, 3.8) is 0 Å². The number of nitrogens with zero attached hydrogens (tertiary/aromatic N) is 1. The van der Waals surface area contributed by atoms with Gasteiger partial charge in [-0.3, -0.25) is 10.1 Å². The predicted molar refractivity (Wildman–Crippen MR) is 77.6 cm³/mol. The van der Waals surface area contributed by atoms with Crippen molar-refractivity contribution in [3.8, 4) is 5.75 Å². The summed E-state index contributed by atoms with van der Waals surface area (Å²) in [6.07, 6.45) is -0.196. The molecule has 0 aliphatic heterocycles. The van der Waals surface area contributed by atoms with Gasteiger partial charge in [-0.15, -0.1) is 11.8 Å². The van der Waals surface area contributed by atoms with Gasteiger partial charge in [-0.05, 0) is 19.9 Å². The van der Waals surface area contributed by atoms with Crippen molar-refractivity contribution in [1.82, 2.24) is 0 Å². The summed E-state index contributed by atoms with van der Waals surface area (Å²) in [5.41, 5.74) is -0.116. The fraction of sp³-hybridized carbons (Fsp3) is 0.455. The molecular weight excluding hydrogens is 304 g/mol. The normalized spacial score (nSPS) is 11.6. The van der Waals surface area contributed by atoms with E-state index in [0.29, 0.717) is 4.90 Å². The number of rotatable bonds is 7. The van der Waals surface area contributed by atoms with Crippen LogP contribution in [0.4, 0.5) is 5.69 Å². The molecule has 1 aromatic rings. The predicted octanol–water partition coefficient (Wildman–Crippen LogP) is 1.76. The van der Waals surface area contributed by atoms with Gasteiger partial charge in [-0.2, -0.15) is 0 Å². The smallest absolute Gasteiger partial charge is 0.311 e. The zero-order chi connectivity index (χ0) is 15.3. The molecule has 0 bridgehead atoms. The van der Waals surface area contributed by atoms with Crippen LogP contribution in [-0.4, -0.2) is 31.0 Å². The van der Waals surface area contributed by atoms with Crippen molar-refractivity contribution in [2.45, 2.75) is 24.8 Å². The SMILES string of the molecule is CC(C)Oc1cc(SCCS(N)(=O)=O)ccc1[N+](=O)[O-]. The number of sulfonamides is 1. The Balaban J connectivity index is 2.86. The third-order valence-electron chi connectivity index (χ3n) is 2.13. The second kappa shape index (κ2) is 6.91. The molecule has 1 rings (SSSR count). The highest BCUT2D eigenvalue weighted by molar-refractivity contribution is 8.00. The third-order valence-corrected chi connectivity index (χ3v) is 4.15. The van der Waals surface area contributed by atoms with Gasteiger partial charge in [0.05, 0.1) is 16.8 Å². The van der Waals surface area contributed by atoms with Crippen LogP contribution in [0.5, 0.6) is 5.75 Å². The lowest BCUT2D eigenvalue weighted by molar-refractivity contribution is -0.386. The average molecular weight is 320 g/mol. The standard InChI is InChI=1S/C11H16N2O5S2/c1-8(2)18-11-7-9(3-4-10(11)13(14)15)19-5-6-20(12,16)17/h3-4,7-8H,5-6H2,1-2H3,(H2,12,16,17). The van der Waals surface area contributed by atoms with Gasteiger partial charge in [0.25, 0.3) is 0 Å². The molecule has 0 saturated carbocycles. The molecule has 9 heteroatoms. The molecule has 0 saturated heterocycles. The molecule has 0 heterocycles. The van der Waals surface area contributed by atoms with Crippen LogP contribution in [0.25, 0.3) is 0 Å². The van der Waals surface area contributed by atoms with Crippen LogP contribution in [0.2, 0.25) is 0 Å². The molecule has 2 N–H and O–H groups in total. The Hall–Kier alpha value is -1.32. The minimum absolute atomic E-state index is 0.116. The Morgan fingerprint density at radius 3 is 2.60 bits per heavy atom. The molecule has 0 fully saturated rings. The number of benzene rings is 1. The van der Waals surface area contributed by atoms with Crippen molar-refractivity contribution in [3.05, 3.63) is 28.3 Å². The maximum absolute atomic E-state index is 10.9. The lowest BCUT2D eigenvalue weighted by Crippen LogP contribution is -2.17. The molecule has 7 nitrogen and oxygen atoms in total. The highest BCUT2D eigenvalue weighted by atomic mass is 32.2. The molecule has 0 atom stereocenters. The Kier molecular flexibility index (Phi) is 5.78. The van der Waals surface area contributed by atoms with Gasteiger partial charge in [0, 0.05) is 22.8 Å². The van der Waals surface area contributed by atoms with E-state index in [-0.39, 0.29) is 29.0 Å². The molecule has 20 heavy (non-hydrogen) atoms. The van der Waals surface area contributed by atoms with Gasteiger partial charge in [0.2, 0.25) is 10.0 Å². The van der Waals surface area contributed by atoms with Crippen molar-refractivity contribution in [1.29, 1.82) is 0 Å². The molecule has 1 aromatic carbocycles. The summed E-state index contributed by atoms with van der Waals surface area (Å²) < 4.78 is 27.1. The van der Waals surface area contributed by atoms with E-state index in [4.69, 9.17) is 9.88 Å². The van der Waals surface area contributed by atoms with Crippen molar-refractivity contribution in [2.24, 2.45) is 5.14 Å². The zero-order valence-corrected chi connectivity index (χ0v) is 12.7. The second-order valence-corrected chi connectivity index (χ2v) is 7.17. The zero-order valence-electron chi connectivity index (χ0n) is 11.1. The highest BCUT2D eigenvalue weighted by Crippen LogP contribution is 2.32. The van der Waals surface area contributed by atoms with Gasteiger partial charge in [0.15, 0.2) is 5.75 Å². The maximum Gasteiger partial charge on any atom is 0.311 e. The van der Waals surface area contributed by atoms with Gasteiger partial charge in [-0.1, -0.05) is 0 Å². The fourth-order valence-corrected chi connectivity index (χ4v) is 3.21. The van der Waals surface area contributed by atoms with E-state index in [1.54, 1.807) is 19.9 Å². The van der Waals surface area contributed by atoms with Crippen molar-refractivity contribution < 1.29 is 18.1 Å². The summed E-state index contributed by atoms with van der Waals surface area (Å²) in [5.74, 6) is 0.290. The summed E-state index contributed by atoms with van der Waals surface area (Å²) in [6.45, 7) is 3.54. The summed E-state index contributed by atoms with van der Waals surface area (Å²) in [4.78, 5) is 11.1. The average Bonchev–Trinajstić information content (AvgIpc) is 2.26. The van der Waals surface area contributed by atoms with Gasteiger partial charge >= 0.3 is 5.69 Å². The van der Waals surface area contributed by atoms with Gasteiger partial charge in [-0.25, -0.2) is 13.6 Å². The third kappa shape index (κ3) is 5.76. The first-order valence-electron chi connectivity index (χ1n) is 5.77. The Morgan fingerprint density at radius 1 is 1.45 bits per heavy atom. The lowest BCUT2D eigenvalue weighted by atomic mass is 10.3. The summed E-state index contributed by atoms with van der Waals surface area (Å²) in [5, 5.41) is 15.8. The van der Waals surface area contributed by atoms with Gasteiger partial charge in [0.1, 0.15) is 0 Å². The number of hydrogen-bond acceptors (Lipinski definition) is 6. The number of primary sulfonamides is 1. The first kappa shape index (κ1) is 16.7. The topological polar surface area (TPSA) is 113 Å². The van der Waals surface area contributed by atoms with Gasteiger partial charge < -0.3 is 4.74 Å². The Morgan fingerprint density at radius 2 is 2.10 bits per heavy atom. The second-order valence-electron chi connectivity index (χ2n) is 4.27. The number of nitro benzene ring substituents is 1. The number of nitro groups is 1. The fourth-order valence-electron chi connectivity index (χ4n) is 1.36. The minimum Gasteiger partial charge on any atom is -0.484 e. The molecule has 112 valence electrons. The number of nitrogens with two attached hydrogens (primary N) is 1. The molecule has 0 unspecified atom stereocenters. The van der Waals surface area contributed by atoms with E-state index in [2.05, 4.69) is 0 Å². The Bertz CT molecular complexity index is 586. The van der Waals surface area contributed by atoms with Crippen LogP contribution >= 0.6 is 11.8 Å². The van der Waals surface area contributed by atoms with Crippen molar-refractivity contribution in [2.75, 3.05) is 11.5 Å². The quantitative estimate of drug-likeness (QED) is 0.465. The van der Waals surface area contributed by atoms with E-state index in [1.807, 2.05) is 0 Å². The minimum atomic E-state index is -3.51. The number of hydrogen-bond donors (Lipinski definition) is 1. The lowest BCUT2D eigenvalue weighted by Gasteiger charge is -2.11. The highest BCUT2D eigenvalue weighted by Gasteiger charge is 2.17. The van der Waals surface area contributed by atoms with E-state index in [0.717, 1.165) is 0 Å². The molecule has 0 radical (unpaired) electrons. The summed E-state index contributed by atoms with van der Waals surface area (Å²) in [6, 6.07) is 4.43. The monoisotopic (exact) mass is 320 g/mol. The Labute approximate surface area is 121 Å². The van der Waals surface area contributed by atoms with Crippen LogP contribution < -0.4 is 9.88 Å². The maximum atomic E-state index is 10.9. The molecular formula is C11H16N2O5S2. The van der Waals surface area contributed by atoms with Crippen LogP contribution in [-0.2, 0) is 10.0 Å². The van der Waals surface area contributed by atoms with E-state index < -0.39 is 14.9 Å². The van der Waals surface area contributed by atoms with E-state index in [1.165, 1.54) is 23.9 Å². The van der Waals surface area contributed by atoms with Crippen molar-refractivity contribution >= 4 is 27.5 Å². The van der Waals surface area contributed by atoms with Crippen LogP contribution in [0.15, 0.2) is 23.1 Å². The summed E-state index contributed by atoms with van der Waals surface area (Å²) in [7, 11) is -3.51. The largest absolute Gasteiger partial charge is 0.484 e. The molecule has 0 aromatic heterocycles. The molecule has 0 aliphatic carbocycles. The summed E-state index contributed by atoms with van der Waals surface area (Å²) >= 11 is 1.25. The first-order valence-corrected chi connectivity index (χ1v) is 8.47. The number of ether oxygens (including phenoxy) is 1.